The first-order chi connectivity index (χ1) is 15.1. The Kier molecular flexibility index (Phi) is 6.70. The molecule has 2 amide bonds. The smallest absolute Gasteiger partial charge is 0.410 e. The van der Waals surface area contributed by atoms with Crippen molar-refractivity contribution >= 4 is 45.8 Å². The van der Waals surface area contributed by atoms with Crippen molar-refractivity contribution in [2.24, 2.45) is 0 Å². The molecule has 2 aliphatic rings. The molecule has 4 rings (SSSR count). The summed E-state index contributed by atoms with van der Waals surface area (Å²) in [4.78, 5) is 27.4. The highest BCUT2D eigenvalue weighted by atomic mass is 32.1. The second-order valence-electron chi connectivity index (χ2n) is 7.62. The molecule has 1 aliphatic heterocycles. The van der Waals surface area contributed by atoms with Gasteiger partial charge in [0.1, 0.15) is 17.2 Å². The highest BCUT2D eigenvalue weighted by molar-refractivity contribution is 7.16. The number of amides is 2. The number of fused-ring (bicyclic) bond motifs is 1. The van der Waals surface area contributed by atoms with Crippen molar-refractivity contribution in [2.45, 2.75) is 44.2 Å². The molecule has 0 bridgehead atoms. The SMILES string of the molecule is N#Cc1c(NC(=O)C=Cc2ccsc2)sc2c1CCC(OC(=O)N1CCCC1CO)C2. The van der Waals surface area contributed by atoms with Gasteiger partial charge in [0.05, 0.1) is 18.2 Å². The Bertz CT molecular complexity index is 1020. The van der Waals surface area contributed by atoms with Crippen LogP contribution >= 0.6 is 22.7 Å². The quantitative estimate of drug-likeness (QED) is 0.665. The molecular weight excluding hydrogens is 434 g/mol. The van der Waals surface area contributed by atoms with E-state index in [0.29, 0.717) is 36.4 Å². The van der Waals surface area contributed by atoms with Gasteiger partial charge < -0.3 is 20.1 Å². The lowest BCUT2D eigenvalue weighted by molar-refractivity contribution is -0.111. The molecule has 7 nitrogen and oxygen atoms in total. The van der Waals surface area contributed by atoms with Crippen LogP contribution in [0.2, 0.25) is 0 Å². The molecule has 1 saturated heterocycles. The van der Waals surface area contributed by atoms with Crippen molar-refractivity contribution in [3.05, 3.63) is 44.5 Å². The van der Waals surface area contributed by atoms with E-state index in [9.17, 15) is 20.0 Å². The number of anilines is 1. The van der Waals surface area contributed by atoms with Crippen molar-refractivity contribution in [3.8, 4) is 6.07 Å². The number of aliphatic hydroxyl groups is 1. The van der Waals surface area contributed by atoms with Crippen LogP contribution in [-0.2, 0) is 22.4 Å². The van der Waals surface area contributed by atoms with Crippen LogP contribution in [0.15, 0.2) is 22.9 Å². The average molecular weight is 458 g/mol. The molecule has 162 valence electrons. The Balaban J connectivity index is 1.41. The maximum atomic E-state index is 12.5. The number of carbonyl (C=O) groups is 2. The van der Waals surface area contributed by atoms with Gasteiger partial charge in [-0.2, -0.15) is 16.6 Å². The van der Waals surface area contributed by atoms with Crippen molar-refractivity contribution in [1.82, 2.24) is 4.90 Å². The zero-order chi connectivity index (χ0) is 21.8. The molecule has 3 heterocycles. The van der Waals surface area contributed by atoms with E-state index in [1.165, 1.54) is 17.4 Å². The summed E-state index contributed by atoms with van der Waals surface area (Å²) < 4.78 is 5.71. The van der Waals surface area contributed by atoms with Gasteiger partial charge in [-0.15, -0.1) is 11.3 Å². The zero-order valence-electron chi connectivity index (χ0n) is 16.9. The van der Waals surface area contributed by atoms with Gasteiger partial charge in [0.25, 0.3) is 0 Å². The number of hydrogen-bond donors (Lipinski definition) is 2. The molecule has 2 unspecified atom stereocenters. The van der Waals surface area contributed by atoms with Gasteiger partial charge in [-0.1, -0.05) is 0 Å². The fraction of sp³-hybridized carbons (Fsp3) is 0.409. The van der Waals surface area contributed by atoms with Gasteiger partial charge in [0.2, 0.25) is 5.91 Å². The molecule has 1 aliphatic carbocycles. The van der Waals surface area contributed by atoms with Crippen molar-refractivity contribution < 1.29 is 19.4 Å². The summed E-state index contributed by atoms with van der Waals surface area (Å²) in [6.07, 6.45) is 5.99. The van der Waals surface area contributed by atoms with Crippen LogP contribution in [0, 0.1) is 11.3 Å². The monoisotopic (exact) mass is 457 g/mol. The first-order valence-corrected chi connectivity index (χ1v) is 12.0. The lowest BCUT2D eigenvalue weighted by Crippen LogP contribution is -2.40. The summed E-state index contributed by atoms with van der Waals surface area (Å²) in [7, 11) is 0. The van der Waals surface area contributed by atoms with E-state index in [2.05, 4.69) is 11.4 Å². The molecule has 31 heavy (non-hydrogen) atoms. The largest absolute Gasteiger partial charge is 0.446 e. The van der Waals surface area contributed by atoms with Gasteiger partial charge in [0, 0.05) is 23.9 Å². The minimum absolute atomic E-state index is 0.0513. The second-order valence-corrected chi connectivity index (χ2v) is 9.50. The van der Waals surface area contributed by atoms with Crippen LogP contribution in [0.1, 0.15) is 40.8 Å². The van der Waals surface area contributed by atoms with E-state index in [1.807, 2.05) is 16.8 Å². The summed E-state index contributed by atoms with van der Waals surface area (Å²) in [5.41, 5.74) is 2.39. The lowest BCUT2D eigenvalue weighted by atomic mass is 9.94. The van der Waals surface area contributed by atoms with Crippen LogP contribution in [0.3, 0.4) is 0 Å². The molecule has 0 radical (unpaired) electrons. The molecule has 2 aromatic heterocycles. The van der Waals surface area contributed by atoms with Crippen LogP contribution in [0.5, 0.6) is 0 Å². The minimum Gasteiger partial charge on any atom is -0.446 e. The Hall–Kier alpha value is -2.67. The summed E-state index contributed by atoms with van der Waals surface area (Å²) in [6.45, 7) is 0.555. The zero-order valence-corrected chi connectivity index (χ0v) is 18.5. The normalized spacial score (nSPS) is 20.5. The standard InChI is InChI=1S/C22H23N3O4S2/c23-11-18-17-5-4-16(29-22(28)25-8-1-2-15(25)12-26)10-19(17)31-21(18)24-20(27)6-3-14-7-9-30-13-14/h3,6-7,9,13,15-16,26H,1-2,4-5,8,10,12H2,(H,24,27). The number of hydrogen-bond acceptors (Lipinski definition) is 7. The maximum Gasteiger partial charge on any atom is 0.410 e. The number of nitrogens with zero attached hydrogens (tertiary/aromatic N) is 2. The predicted octanol–water partition coefficient (Wildman–Crippen LogP) is 3.78. The average Bonchev–Trinajstić information content (AvgIpc) is 3.51. The molecular formula is C22H23N3O4S2. The van der Waals surface area contributed by atoms with Gasteiger partial charge in [-0.25, -0.2) is 4.79 Å². The Labute approximate surface area is 188 Å². The molecule has 9 heteroatoms. The van der Waals surface area contributed by atoms with Crippen LogP contribution < -0.4 is 5.32 Å². The fourth-order valence-corrected chi connectivity index (χ4v) is 5.93. The molecule has 2 aromatic rings. The Morgan fingerprint density at radius 3 is 3.03 bits per heavy atom. The summed E-state index contributed by atoms with van der Waals surface area (Å²) in [5.74, 6) is -0.284. The maximum absolute atomic E-state index is 12.5. The summed E-state index contributed by atoms with van der Waals surface area (Å²) in [6, 6.07) is 3.98. The molecule has 0 spiro atoms. The third-order valence-electron chi connectivity index (χ3n) is 5.63. The van der Waals surface area contributed by atoms with Crippen molar-refractivity contribution in [2.75, 3.05) is 18.5 Å². The topological polar surface area (TPSA) is 103 Å². The summed E-state index contributed by atoms with van der Waals surface area (Å²) in [5, 5.41) is 26.3. The van der Waals surface area contributed by atoms with Crippen LogP contribution in [0.4, 0.5) is 9.80 Å². The minimum atomic E-state index is -0.380. The molecule has 2 N–H and O–H groups in total. The number of nitriles is 1. The number of aliphatic hydroxyl groups excluding tert-OH is 1. The van der Waals surface area contributed by atoms with Gasteiger partial charge in [0.15, 0.2) is 0 Å². The van der Waals surface area contributed by atoms with E-state index < -0.39 is 0 Å². The van der Waals surface area contributed by atoms with E-state index in [0.717, 1.165) is 28.8 Å². The van der Waals surface area contributed by atoms with Gasteiger partial charge in [-0.05, 0) is 59.7 Å². The number of nitrogens with one attached hydrogen (secondary N) is 1. The Morgan fingerprint density at radius 1 is 1.42 bits per heavy atom. The third-order valence-corrected chi connectivity index (χ3v) is 7.50. The number of likely N-dealkylation sites (tertiary alicyclic amines) is 1. The highest BCUT2D eigenvalue weighted by Gasteiger charge is 2.33. The second kappa shape index (κ2) is 9.64. The van der Waals surface area contributed by atoms with E-state index >= 15 is 0 Å². The number of carbonyl (C=O) groups excluding carboxylic acids is 2. The van der Waals surface area contributed by atoms with Crippen LogP contribution in [-0.4, -0.2) is 47.3 Å². The van der Waals surface area contributed by atoms with Gasteiger partial charge in [-0.3, -0.25) is 4.79 Å². The number of thiophene rings is 2. The van der Waals surface area contributed by atoms with Crippen molar-refractivity contribution in [1.29, 1.82) is 5.26 Å². The van der Waals surface area contributed by atoms with Crippen molar-refractivity contribution in [3.63, 3.8) is 0 Å². The van der Waals surface area contributed by atoms with Crippen LogP contribution in [0.25, 0.3) is 6.08 Å². The third kappa shape index (κ3) is 4.82. The highest BCUT2D eigenvalue weighted by Crippen LogP contribution is 2.38. The molecule has 1 fully saturated rings. The van der Waals surface area contributed by atoms with E-state index in [4.69, 9.17) is 4.74 Å². The number of rotatable bonds is 5. The summed E-state index contributed by atoms with van der Waals surface area (Å²) >= 11 is 2.93. The molecule has 0 saturated carbocycles. The number of ether oxygens (including phenoxy) is 1. The van der Waals surface area contributed by atoms with E-state index in [-0.39, 0.29) is 30.8 Å². The first kappa shape index (κ1) is 21.6. The molecule has 2 atom stereocenters. The van der Waals surface area contributed by atoms with Gasteiger partial charge >= 0.3 is 6.09 Å². The Morgan fingerprint density at radius 2 is 2.29 bits per heavy atom. The lowest BCUT2D eigenvalue weighted by Gasteiger charge is -2.27. The first-order valence-electron chi connectivity index (χ1n) is 10.2. The predicted molar refractivity (Wildman–Crippen MR) is 120 cm³/mol. The fourth-order valence-electron chi connectivity index (χ4n) is 4.03. The molecule has 0 aromatic carbocycles. The van der Waals surface area contributed by atoms with E-state index in [1.54, 1.807) is 22.3 Å².